The summed E-state index contributed by atoms with van der Waals surface area (Å²) in [5.41, 5.74) is 3.84. The summed E-state index contributed by atoms with van der Waals surface area (Å²) in [5, 5.41) is 12.8. The van der Waals surface area contributed by atoms with Crippen LogP contribution in [0, 0.1) is 11.3 Å². The number of imidazole rings is 1. The Hall–Kier alpha value is -2.77. The fourth-order valence-electron chi connectivity index (χ4n) is 2.34. The maximum Gasteiger partial charge on any atom is 0.203 e. The Morgan fingerprint density at radius 2 is 1.83 bits per heavy atom. The highest BCUT2D eigenvalue weighted by atomic mass is 35.5. The number of benzene rings is 2. The van der Waals surface area contributed by atoms with Gasteiger partial charge in [0.05, 0.1) is 23.5 Å². The van der Waals surface area contributed by atoms with Gasteiger partial charge in [0.1, 0.15) is 0 Å². The zero-order chi connectivity index (χ0) is 16.2. The smallest absolute Gasteiger partial charge is 0.203 e. The van der Waals surface area contributed by atoms with Gasteiger partial charge in [0, 0.05) is 18.6 Å². The number of hydrogen-bond acceptors (Lipinski definition) is 3. The van der Waals surface area contributed by atoms with Crippen LogP contribution in [0.4, 0.5) is 5.95 Å². The highest BCUT2D eigenvalue weighted by molar-refractivity contribution is 6.30. The molecule has 0 saturated heterocycles. The largest absolute Gasteiger partial charge is 0.352 e. The van der Waals surface area contributed by atoms with Crippen LogP contribution in [0.2, 0.25) is 5.02 Å². The van der Waals surface area contributed by atoms with Crippen LogP contribution in [0.5, 0.6) is 0 Å². The van der Waals surface area contributed by atoms with E-state index in [1.165, 1.54) is 0 Å². The summed E-state index contributed by atoms with van der Waals surface area (Å²) in [6.07, 6.45) is 1.84. The van der Waals surface area contributed by atoms with Crippen molar-refractivity contribution in [3.63, 3.8) is 0 Å². The summed E-state index contributed by atoms with van der Waals surface area (Å²) in [5.74, 6) is 0.791. The van der Waals surface area contributed by atoms with Gasteiger partial charge < -0.3 is 9.88 Å². The number of anilines is 1. The van der Waals surface area contributed by atoms with Crippen LogP contribution in [-0.2, 0) is 13.6 Å². The molecule has 0 spiro atoms. The Labute approximate surface area is 140 Å². The maximum atomic E-state index is 8.81. The fourth-order valence-corrected chi connectivity index (χ4v) is 2.47. The molecule has 4 nitrogen and oxygen atoms in total. The average Bonchev–Trinajstić information content (AvgIpc) is 2.95. The molecule has 0 radical (unpaired) electrons. The minimum atomic E-state index is 0.649. The third kappa shape index (κ3) is 3.36. The number of rotatable bonds is 4. The van der Waals surface area contributed by atoms with Gasteiger partial charge in [-0.25, -0.2) is 4.98 Å². The normalized spacial score (nSPS) is 10.3. The lowest BCUT2D eigenvalue weighted by molar-refractivity contribution is 0.907. The minimum Gasteiger partial charge on any atom is -0.352 e. The highest BCUT2D eigenvalue weighted by Gasteiger charge is 2.08. The van der Waals surface area contributed by atoms with Gasteiger partial charge in [-0.2, -0.15) is 5.26 Å². The molecule has 3 rings (SSSR count). The van der Waals surface area contributed by atoms with E-state index in [4.69, 9.17) is 16.9 Å². The topological polar surface area (TPSA) is 53.6 Å². The zero-order valence-corrected chi connectivity index (χ0v) is 13.4. The van der Waals surface area contributed by atoms with Gasteiger partial charge in [0.2, 0.25) is 5.95 Å². The lowest BCUT2D eigenvalue weighted by Gasteiger charge is -2.08. The molecule has 0 amide bonds. The van der Waals surface area contributed by atoms with E-state index < -0.39 is 0 Å². The van der Waals surface area contributed by atoms with Gasteiger partial charge in [-0.1, -0.05) is 35.9 Å². The first kappa shape index (κ1) is 15.1. The van der Waals surface area contributed by atoms with Crippen molar-refractivity contribution < 1.29 is 0 Å². The molecule has 1 aromatic heterocycles. The fraction of sp³-hybridized carbons (Fsp3) is 0.111. The Morgan fingerprint density at radius 3 is 2.48 bits per heavy atom. The van der Waals surface area contributed by atoms with E-state index in [1.54, 1.807) is 0 Å². The second-order valence-electron chi connectivity index (χ2n) is 5.20. The second kappa shape index (κ2) is 6.55. The van der Waals surface area contributed by atoms with Crippen molar-refractivity contribution in [2.24, 2.45) is 7.05 Å². The Morgan fingerprint density at radius 1 is 1.13 bits per heavy atom. The quantitative estimate of drug-likeness (QED) is 0.782. The van der Waals surface area contributed by atoms with E-state index >= 15 is 0 Å². The summed E-state index contributed by atoms with van der Waals surface area (Å²) in [6.45, 7) is 0.649. The van der Waals surface area contributed by atoms with Crippen LogP contribution in [0.3, 0.4) is 0 Å². The first-order valence-corrected chi connectivity index (χ1v) is 7.56. The molecule has 2 aromatic carbocycles. The first-order chi connectivity index (χ1) is 11.2. The van der Waals surface area contributed by atoms with Crippen LogP contribution in [0.15, 0.2) is 54.7 Å². The summed E-state index contributed by atoms with van der Waals surface area (Å²) in [7, 11) is 1.97. The molecule has 0 aliphatic heterocycles. The van der Waals surface area contributed by atoms with Crippen molar-refractivity contribution in [3.05, 3.63) is 70.9 Å². The van der Waals surface area contributed by atoms with Gasteiger partial charge in [0.15, 0.2) is 0 Å². The summed E-state index contributed by atoms with van der Waals surface area (Å²) in [6, 6.07) is 17.3. The van der Waals surface area contributed by atoms with Crippen LogP contribution in [0.25, 0.3) is 11.3 Å². The van der Waals surface area contributed by atoms with Gasteiger partial charge in [-0.3, -0.25) is 0 Å². The Bertz CT molecular complexity index is 842. The Kier molecular flexibility index (Phi) is 4.31. The van der Waals surface area contributed by atoms with Crippen molar-refractivity contribution in [3.8, 4) is 17.3 Å². The highest BCUT2D eigenvalue weighted by Crippen LogP contribution is 2.23. The van der Waals surface area contributed by atoms with Crippen molar-refractivity contribution in [2.45, 2.75) is 6.54 Å². The van der Waals surface area contributed by atoms with Crippen LogP contribution >= 0.6 is 11.6 Å². The zero-order valence-electron chi connectivity index (χ0n) is 12.6. The summed E-state index contributed by atoms with van der Waals surface area (Å²) >= 11 is 5.93. The van der Waals surface area contributed by atoms with Gasteiger partial charge in [-0.05, 0) is 35.4 Å². The summed E-state index contributed by atoms with van der Waals surface area (Å²) in [4.78, 5) is 4.43. The number of nitrogens with zero attached hydrogens (tertiary/aromatic N) is 3. The number of halogens is 1. The van der Waals surface area contributed by atoms with Crippen molar-refractivity contribution in [1.82, 2.24) is 9.55 Å². The molecule has 0 unspecified atom stereocenters. The lowest BCUT2D eigenvalue weighted by Crippen LogP contribution is -2.05. The van der Waals surface area contributed by atoms with Crippen LogP contribution in [-0.4, -0.2) is 9.55 Å². The third-order valence-corrected chi connectivity index (χ3v) is 3.91. The molecule has 0 aliphatic carbocycles. The monoisotopic (exact) mass is 322 g/mol. The number of hydrogen-bond donors (Lipinski definition) is 1. The van der Waals surface area contributed by atoms with E-state index in [-0.39, 0.29) is 0 Å². The predicted octanol–water partition coefficient (Wildman–Crippen LogP) is 4.22. The molecule has 1 N–H and O–H groups in total. The average molecular weight is 323 g/mol. The molecule has 5 heteroatoms. The van der Waals surface area contributed by atoms with Gasteiger partial charge in [0.25, 0.3) is 0 Å². The summed E-state index contributed by atoms with van der Waals surface area (Å²) < 4.78 is 2.01. The number of nitriles is 1. The molecule has 1 heterocycles. The second-order valence-corrected chi connectivity index (χ2v) is 5.63. The molecule has 0 saturated carbocycles. The standard InChI is InChI=1S/C18H15ClN4/c1-23-17(15-6-8-16(19)9-7-15)12-22-18(23)21-11-14-4-2-13(10-20)3-5-14/h2-9,12H,11H2,1H3,(H,21,22). The third-order valence-electron chi connectivity index (χ3n) is 3.66. The van der Waals surface area contributed by atoms with Gasteiger partial charge in [-0.15, -0.1) is 0 Å². The first-order valence-electron chi connectivity index (χ1n) is 7.18. The van der Waals surface area contributed by atoms with Crippen molar-refractivity contribution in [2.75, 3.05) is 5.32 Å². The molecular formula is C18H15ClN4. The number of nitrogens with one attached hydrogen (secondary N) is 1. The molecule has 0 atom stereocenters. The molecule has 114 valence electrons. The van der Waals surface area contributed by atoms with Crippen LogP contribution < -0.4 is 5.32 Å². The maximum absolute atomic E-state index is 8.81. The lowest BCUT2D eigenvalue weighted by atomic mass is 10.1. The molecule has 0 bridgehead atoms. The Balaban J connectivity index is 1.74. The SMILES string of the molecule is Cn1c(-c2ccc(Cl)cc2)cnc1NCc1ccc(C#N)cc1. The minimum absolute atomic E-state index is 0.649. The van der Waals surface area contributed by atoms with E-state index in [9.17, 15) is 0 Å². The molecule has 23 heavy (non-hydrogen) atoms. The van der Waals surface area contributed by atoms with Crippen LogP contribution in [0.1, 0.15) is 11.1 Å². The van der Waals surface area contributed by atoms with E-state index in [0.717, 1.165) is 27.8 Å². The predicted molar refractivity (Wildman–Crippen MR) is 92.1 cm³/mol. The van der Waals surface area contributed by atoms with E-state index in [2.05, 4.69) is 16.4 Å². The van der Waals surface area contributed by atoms with E-state index in [0.29, 0.717) is 12.1 Å². The molecular weight excluding hydrogens is 308 g/mol. The number of aromatic nitrogens is 2. The molecule has 0 fully saturated rings. The van der Waals surface area contributed by atoms with Crippen molar-refractivity contribution in [1.29, 1.82) is 5.26 Å². The van der Waals surface area contributed by atoms with Crippen molar-refractivity contribution >= 4 is 17.5 Å². The molecule has 0 aliphatic rings. The van der Waals surface area contributed by atoms with E-state index in [1.807, 2.05) is 66.3 Å². The van der Waals surface area contributed by atoms with Gasteiger partial charge >= 0.3 is 0 Å². The molecule has 3 aromatic rings.